The Morgan fingerprint density at radius 2 is 1.73 bits per heavy atom. The van der Waals surface area contributed by atoms with Crippen LogP contribution in [0.5, 0.6) is 5.75 Å². The van der Waals surface area contributed by atoms with Crippen LogP contribution in [0.25, 0.3) is 11.1 Å². The van der Waals surface area contributed by atoms with Gasteiger partial charge in [0.25, 0.3) is 5.91 Å². The lowest BCUT2D eigenvalue weighted by atomic mass is 9.58. The number of nitrogens with zero attached hydrogens (tertiary/aromatic N) is 2. The Balaban J connectivity index is 1.46. The molecule has 0 spiro atoms. The second-order valence-electron chi connectivity index (χ2n) is 14.7. The number of carbonyl (C=O) groups excluding carboxylic acids is 3. The summed E-state index contributed by atoms with van der Waals surface area (Å²) in [6.07, 6.45) is 7.56. The number of benzene rings is 2. The summed E-state index contributed by atoms with van der Waals surface area (Å²) in [6, 6.07) is 7.65. The first kappa shape index (κ1) is 40.0. The third kappa shape index (κ3) is 6.59. The SMILES string of the molecule is CCOP(=O)(OCC)C(NC1=CC=CCC1)c1ccc(-c2cc(N(C)C)c3c(c2O)C(=O)C2=C(O)[C@]4(O)C(=O)C(C(N)=O)=C(O)[C@@H](N(C)C)[C@@H]4C[C@@H]2C3)cc1. The zero-order chi connectivity index (χ0) is 40.1. The molecule has 294 valence electrons. The molecule has 14 nitrogen and oxygen atoms in total. The average Bonchev–Trinajstić information content (AvgIpc) is 3.12. The highest BCUT2D eigenvalue weighted by Gasteiger charge is 2.63. The molecule has 5 atom stereocenters. The summed E-state index contributed by atoms with van der Waals surface area (Å²) in [5.41, 5.74) is 4.95. The Hall–Kier alpha value is -4.72. The molecule has 0 heterocycles. The monoisotopic (exact) mass is 776 g/mol. The van der Waals surface area contributed by atoms with Crippen LogP contribution < -0.4 is 16.0 Å². The number of phenolic OH excluding ortho intramolecular Hbond substituents is 1. The number of Topliss-reactive ketones (excluding diaryl/α,β-unsaturated/α-hetero) is 2. The lowest BCUT2D eigenvalue weighted by Gasteiger charge is -2.50. The van der Waals surface area contributed by atoms with Gasteiger partial charge in [0.15, 0.2) is 17.2 Å². The van der Waals surface area contributed by atoms with E-state index >= 15 is 0 Å². The number of nitrogens with two attached hydrogens (primary N) is 1. The molecule has 6 rings (SSSR count). The number of hydrogen-bond acceptors (Lipinski definition) is 13. The van der Waals surface area contributed by atoms with Crippen LogP contribution >= 0.6 is 7.60 Å². The Labute approximate surface area is 320 Å². The van der Waals surface area contributed by atoms with Crippen LogP contribution in [0.3, 0.4) is 0 Å². The van der Waals surface area contributed by atoms with Gasteiger partial charge in [-0.1, -0.05) is 36.4 Å². The summed E-state index contributed by atoms with van der Waals surface area (Å²) < 4.78 is 25.7. The molecule has 0 aliphatic heterocycles. The quantitative estimate of drug-likeness (QED) is 0.125. The van der Waals surface area contributed by atoms with E-state index in [1.54, 1.807) is 72.4 Å². The molecule has 0 saturated heterocycles. The normalized spacial score (nSPS) is 24.3. The minimum atomic E-state index is -3.72. The van der Waals surface area contributed by atoms with Gasteiger partial charge < -0.3 is 45.4 Å². The molecular formula is C40H49N4O10P. The summed E-state index contributed by atoms with van der Waals surface area (Å²) in [5, 5.41) is 50.2. The summed E-state index contributed by atoms with van der Waals surface area (Å²) in [4.78, 5) is 44.0. The molecule has 0 bridgehead atoms. The Morgan fingerprint density at radius 3 is 2.27 bits per heavy atom. The van der Waals surface area contributed by atoms with Crippen molar-refractivity contribution in [3.8, 4) is 16.9 Å². The number of primary amides is 1. The van der Waals surface area contributed by atoms with Crippen molar-refractivity contribution < 1.29 is 48.4 Å². The van der Waals surface area contributed by atoms with Gasteiger partial charge in [0.2, 0.25) is 5.78 Å². The van der Waals surface area contributed by atoms with Crippen LogP contribution in [0, 0.1) is 11.8 Å². The molecule has 7 N–H and O–H groups in total. The van der Waals surface area contributed by atoms with E-state index in [-0.39, 0.29) is 42.9 Å². The number of allylic oxidation sites excluding steroid dienone is 5. The van der Waals surface area contributed by atoms with Crippen LogP contribution in [-0.2, 0) is 29.6 Å². The number of fused-ring (bicyclic) bond motifs is 3. The molecule has 55 heavy (non-hydrogen) atoms. The summed E-state index contributed by atoms with van der Waals surface area (Å²) >= 11 is 0. The first-order valence-corrected chi connectivity index (χ1v) is 19.9. The Kier molecular flexibility index (Phi) is 11.0. The maximum Gasteiger partial charge on any atom is 0.357 e. The Morgan fingerprint density at radius 1 is 1.07 bits per heavy atom. The fourth-order valence-electron chi connectivity index (χ4n) is 8.55. The van der Waals surface area contributed by atoms with Gasteiger partial charge in [-0.2, -0.15) is 0 Å². The predicted octanol–water partition coefficient (Wildman–Crippen LogP) is 4.94. The van der Waals surface area contributed by atoms with Crippen LogP contribution in [0.15, 0.2) is 76.9 Å². The predicted molar refractivity (Wildman–Crippen MR) is 207 cm³/mol. The van der Waals surface area contributed by atoms with Crippen molar-refractivity contribution in [1.29, 1.82) is 0 Å². The molecule has 1 unspecified atom stereocenters. The number of carbonyl (C=O) groups is 3. The van der Waals surface area contributed by atoms with Gasteiger partial charge in [0.05, 0.1) is 24.8 Å². The minimum Gasteiger partial charge on any atom is -0.510 e. The molecule has 0 aromatic heterocycles. The molecule has 15 heteroatoms. The van der Waals surface area contributed by atoms with Gasteiger partial charge in [-0.15, -0.1) is 0 Å². The third-order valence-electron chi connectivity index (χ3n) is 11.0. The van der Waals surface area contributed by atoms with E-state index < -0.39 is 71.4 Å². The lowest BCUT2D eigenvalue weighted by Crippen LogP contribution is -2.63. The number of aromatic hydroxyl groups is 1. The summed E-state index contributed by atoms with van der Waals surface area (Å²) in [7, 11) is 3.05. The molecule has 4 aliphatic rings. The van der Waals surface area contributed by atoms with Crippen molar-refractivity contribution in [2.45, 2.75) is 57.0 Å². The van der Waals surface area contributed by atoms with Crippen molar-refractivity contribution in [3.05, 3.63) is 93.6 Å². The lowest BCUT2D eigenvalue weighted by molar-refractivity contribution is -0.148. The minimum absolute atomic E-state index is 0.0155. The maximum atomic E-state index is 14.6. The first-order valence-electron chi connectivity index (χ1n) is 18.3. The molecule has 4 aliphatic carbocycles. The summed E-state index contributed by atoms with van der Waals surface area (Å²) in [5.74, 6) is -7.96. The van der Waals surface area contributed by atoms with Crippen molar-refractivity contribution in [2.24, 2.45) is 17.6 Å². The van der Waals surface area contributed by atoms with Crippen LogP contribution in [0.4, 0.5) is 5.69 Å². The van der Waals surface area contributed by atoms with Crippen LogP contribution in [-0.4, -0.2) is 95.8 Å². The van der Waals surface area contributed by atoms with E-state index in [0.29, 0.717) is 34.4 Å². The molecule has 1 amide bonds. The highest BCUT2D eigenvalue weighted by molar-refractivity contribution is 7.54. The number of anilines is 1. The fraction of sp³-hybridized carbons (Fsp3) is 0.425. The van der Waals surface area contributed by atoms with Gasteiger partial charge in [-0.3, -0.25) is 23.8 Å². The molecular weight excluding hydrogens is 727 g/mol. The van der Waals surface area contributed by atoms with Crippen LogP contribution in [0.1, 0.15) is 60.4 Å². The van der Waals surface area contributed by atoms with Gasteiger partial charge in [0, 0.05) is 42.5 Å². The van der Waals surface area contributed by atoms with E-state index in [2.05, 4.69) is 5.32 Å². The van der Waals surface area contributed by atoms with Crippen LogP contribution in [0.2, 0.25) is 0 Å². The van der Waals surface area contributed by atoms with E-state index in [4.69, 9.17) is 14.8 Å². The zero-order valence-corrected chi connectivity index (χ0v) is 32.7. The molecule has 2 aromatic carbocycles. The van der Waals surface area contributed by atoms with Crippen molar-refractivity contribution in [2.75, 3.05) is 46.3 Å². The van der Waals surface area contributed by atoms with Crippen molar-refractivity contribution in [3.63, 3.8) is 0 Å². The zero-order valence-electron chi connectivity index (χ0n) is 31.8. The fourth-order valence-corrected chi connectivity index (χ4v) is 10.5. The number of amides is 1. The topological polar surface area (TPSA) is 212 Å². The number of aliphatic hydroxyl groups is 3. The molecule has 0 fully saturated rings. The smallest absolute Gasteiger partial charge is 0.357 e. The highest BCUT2D eigenvalue weighted by atomic mass is 31.2. The number of aliphatic hydroxyl groups excluding tert-OH is 2. The maximum absolute atomic E-state index is 14.6. The Bertz CT molecular complexity index is 2090. The van der Waals surface area contributed by atoms with Gasteiger partial charge in [-0.25, -0.2) is 0 Å². The van der Waals surface area contributed by atoms with Gasteiger partial charge >= 0.3 is 7.60 Å². The third-order valence-corrected chi connectivity index (χ3v) is 13.3. The van der Waals surface area contributed by atoms with E-state index in [0.717, 1.165) is 12.1 Å². The number of hydrogen-bond donors (Lipinski definition) is 6. The van der Waals surface area contributed by atoms with Crippen molar-refractivity contribution in [1.82, 2.24) is 10.2 Å². The number of phenols is 1. The second-order valence-corrected chi connectivity index (χ2v) is 16.8. The van der Waals surface area contributed by atoms with Gasteiger partial charge in [0.1, 0.15) is 22.8 Å². The van der Waals surface area contributed by atoms with Gasteiger partial charge in [-0.05, 0) is 88.4 Å². The first-order chi connectivity index (χ1) is 26.0. The number of nitrogens with one attached hydrogen (secondary N) is 1. The molecule has 0 saturated carbocycles. The standard InChI is InChI=1S/C40H49N4O10P/c1-7-53-55(52,54-8-2)39(42-24-12-10-9-11-13-24)22-16-14-21(15-17-22)25-20-28(43(3)4)26-18-23-19-27-32(44(5)6)35(47)31(38(41)50)37(49)40(27,51)36(48)29(23)34(46)30(26)33(25)45/h9-10,12,14-17,20,23,27,32,39,42,45,47-48,51H,7-8,11,13,18-19H2,1-6H3,(H2,41,50)/t23-,27-,32-,39?,40-/m0/s1. The average molecular weight is 777 g/mol. The number of ketones is 2. The van der Waals surface area contributed by atoms with E-state index in [1.165, 1.54) is 4.90 Å². The largest absolute Gasteiger partial charge is 0.510 e. The second kappa shape index (κ2) is 15.1. The number of rotatable bonds is 12. The van der Waals surface area contributed by atoms with E-state index in [1.807, 2.05) is 23.1 Å². The molecule has 2 aromatic rings. The number of likely N-dealkylation sites (N-methyl/N-ethyl adjacent to an activating group) is 1. The van der Waals surface area contributed by atoms with E-state index in [9.17, 15) is 39.4 Å². The van der Waals surface area contributed by atoms with Crippen molar-refractivity contribution >= 4 is 30.8 Å². The highest BCUT2D eigenvalue weighted by Crippen LogP contribution is 2.60. The molecule has 0 radical (unpaired) electrons. The summed E-state index contributed by atoms with van der Waals surface area (Å²) in [6.45, 7) is 3.82.